The number of esters is 4. The third-order valence-corrected chi connectivity index (χ3v) is 6.38. The van der Waals surface area contributed by atoms with E-state index in [1.54, 1.807) is 33.9 Å². The molecule has 9 nitrogen and oxygen atoms in total. The van der Waals surface area contributed by atoms with Crippen LogP contribution in [-0.2, 0) is 63.8 Å². The summed E-state index contributed by atoms with van der Waals surface area (Å²) in [5.41, 5.74) is -0.136. The van der Waals surface area contributed by atoms with Gasteiger partial charge in [-0.3, -0.25) is 24.2 Å². The van der Waals surface area contributed by atoms with E-state index in [-0.39, 0.29) is 52.1 Å². The van der Waals surface area contributed by atoms with Crippen LogP contribution in [0.3, 0.4) is 0 Å². The Kier molecular flexibility index (Phi) is 7.39. The fourth-order valence-electron chi connectivity index (χ4n) is 4.77. The molecule has 33 heavy (non-hydrogen) atoms. The molecule has 180 valence electrons. The van der Waals surface area contributed by atoms with E-state index in [0.717, 1.165) is 11.3 Å². The van der Waals surface area contributed by atoms with Gasteiger partial charge in [-0.15, -0.1) is 0 Å². The molecule has 0 radical (unpaired) electrons. The summed E-state index contributed by atoms with van der Waals surface area (Å²) >= 11 is 0. The summed E-state index contributed by atoms with van der Waals surface area (Å²) in [7, 11) is 0. The molecule has 0 aromatic carbocycles. The highest BCUT2D eigenvalue weighted by Crippen LogP contribution is 2.46. The second kappa shape index (κ2) is 9.89. The molecule has 1 aromatic heterocycles. The van der Waals surface area contributed by atoms with E-state index in [9.17, 15) is 19.2 Å². The first kappa shape index (κ1) is 24.7. The number of carbonyl (C=O) groups excluding carboxylic acids is 4. The highest BCUT2D eigenvalue weighted by atomic mass is 16.6. The normalized spacial score (nSPS) is 17.3. The van der Waals surface area contributed by atoms with Crippen molar-refractivity contribution in [3.8, 4) is 0 Å². The van der Waals surface area contributed by atoms with Gasteiger partial charge >= 0.3 is 23.9 Å². The minimum absolute atomic E-state index is 0.0396. The number of fused-ring (bicyclic) bond motifs is 3. The number of ether oxygens (including phenoxy) is 4. The number of pyridine rings is 1. The lowest BCUT2D eigenvalue weighted by atomic mass is 9.71. The Labute approximate surface area is 193 Å². The van der Waals surface area contributed by atoms with Crippen molar-refractivity contribution in [2.24, 2.45) is 10.8 Å². The summed E-state index contributed by atoms with van der Waals surface area (Å²) in [5, 5.41) is 0. The lowest BCUT2D eigenvalue weighted by molar-refractivity contribution is -0.174. The number of hydrogen-bond donors (Lipinski definition) is 0. The second-order valence-corrected chi connectivity index (χ2v) is 8.26. The van der Waals surface area contributed by atoms with E-state index in [1.807, 2.05) is 0 Å². The van der Waals surface area contributed by atoms with Gasteiger partial charge in [0.05, 0.1) is 26.4 Å². The van der Waals surface area contributed by atoms with Crippen molar-refractivity contribution in [2.75, 3.05) is 26.4 Å². The van der Waals surface area contributed by atoms with Gasteiger partial charge in [-0.05, 0) is 57.2 Å². The fraction of sp³-hybridized carbons (Fsp3) is 0.625. The smallest absolute Gasteiger partial charge is 0.324 e. The van der Waals surface area contributed by atoms with Crippen LogP contribution in [0, 0.1) is 10.8 Å². The molecule has 0 bridgehead atoms. The standard InChI is InChI=1S/C24H31NO8/c1-5-30-19(26)23(20(27)31-6-2)10-9-18-17(13-23)16-12-24(21(28)32-7-3,22(29)33-8-4)11-15(16)14-25-18/h14H,5-13H2,1-4H3. The first-order valence-corrected chi connectivity index (χ1v) is 11.5. The highest BCUT2D eigenvalue weighted by Gasteiger charge is 2.56. The molecule has 0 fully saturated rings. The molecular weight excluding hydrogens is 430 g/mol. The topological polar surface area (TPSA) is 118 Å². The van der Waals surface area contributed by atoms with Gasteiger partial charge in [-0.1, -0.05) is 0 Å². The van der Waals surface area contributed by atoms with Gasteiger partial charge in [0.15, 0.2) is 10.8 Å². The predicted octanol–water partition coefficient (Wildman–Crippen LogP) is 1.89. The Hall–Kier alpha value is -2.97. The van der Waals surface area contributed by atoms with Crippen molar-refractivity contribution in [1.82, 2.24) is 4.98 Å². The summed E-state index contributed by atoms with van der Waals surface area (Å²) in [6.07, 6.45) is 2.43. The van der Waals surface area contributed by atoms with Crippen LogP contribution < -0.4 is 0 Å². The third-order valence-electron chi connectivity index (χ3n) is 6.38. The Morgan fingerprint density at radius 3 is 1.67 bits per heavy atom. The van der Waals surface area contributed by atoms with Gasteiger partial charge in [-0.25, -0.2) is 0 Å². The van der Waals surface area contributed by atoms with Gasteiger partial charge in [-0.2, -0.15) is 0 Å². The molecule has 0 N–H and O–H groups in total. The maximum atomic E-state index is 13.0. The number of aryl methyl sites for hydroxylation is 1. The van der Waals surface area contributed by atoms with E-state index in [0.29, 0.717) is 17.5 Å². The zero-order valence-electron chi connectivity index (χ0n) is 19.7. The van der Waals surface area contributed by atoms with E-state index in [4.69, 9.17) is 18.9 Å². The molecule has 0 amide bonds. The van der Waals surface area contributed by atoms with Crippen LogP contribution in [0.5, 0.6) is 0 Å². The molecule has 2 aliphatic carbocycles. The van der Waals surface area contributed by atoms with Crippen LogP contribution in [0.2, 0.25) is 0 Å². The minimum Gasteiger partial charge on any atom is -0.465 e. The van der Waals surface area contributed by atoms with Crippen LogP contribution in [0.1, 0.15) is 56.5 Å². The Bertz CT molecular complexity index is 918. The van der Waals surface area contributed by atoms with Gasteiger partial charge in [0.2, 0.25) is 0 Å². The molecule has 0 saturated heterocycles. The average molecular weight is 462 g/mol. The van der Waals surface area contributed by atoms with Gasteiger partial charge in [0.1, 0.15) is 0 Å². The largest absolute Gasteiger partial charge is 0.465 e. The molecule has 0 atom stereocenters. The lowest BCUT2D eigenvalue weighted by Crippen LogP contribution is -2.47. The molecular formula is C24H31NO8. The molecule has 0 unspecified atom stereocenters. The molecule has 0 spiro atoms. The quantitative estimate of drug-likeness (QED) is 0.325. The molecule has 2 aliphatic rings. The third kappa shape index (κ3) is 4.20. The summed E-state index contributed by atoms with van der Waals surface area (Å²) < 4.78 is 21.0. The van der Waals surface area contributed by atoms with Crippen LogP contribution in [0.4, 0.5) is 0 Å². The summed E-state index contributed by atoms with van der Waals surface area (Å²) in [4.78, 5) is 56.4. The number of aromatic nitrogens is 1. The minimum atomic E-state index is -1.51. The summed E-state index contributed by atoms with van der Waals surface area (Å²) in [6, 6.07) is 0. The van der Waals surface area contributed by atoms with Crippen molar-refractivity contribution >= 4 is 23.9 Å². The maximum absolute atomic E-state index is 13.0. The molecule has 3 rings (SSSR count). The Morgan fingerprint density at radius 1 is 0.727 bits per heavy atom. The second-order valence-electron chi connectivity index (χ2n) is 8.26. The molecule has 9 heteroatoms. The summed E-state index contributed by atoms with van der Waals surface area (Å²) in [6.45, 7) is 7.23. The first-order valence-electron chi connectivity index (χ1n) is 11.5. The van der Waals surface area contributed by atoms with Gasteiger partial charge in [0, 0.05) is 31.2 Å². The van der Waals surface area contributed by atoms with Crippen LogP contribution >= 0.6 is 0 Å². The van der Waals surface area contributed by atoms with Crippen molar-refractivity contribution in [2.45, 2.75) is 59.8 Å². The number of rotatable bonds is 8. The highest BCUT2D eigenvalue weighted by molar-refractivity contribution is 6.02. The van der Waals surface area contributed by atoms with E-state index >= 15 is 0 Å². The van der Waals surface area contributed by atoms with Crippen LogP contribution in [0.15, 0.2) is 6.20 Å². The van der Waals surface area contributed by atoms with Crippen LogP contribution in [-0.4, -0.2) is 55.3 Å². The molecule has 1 heterocycles. The monoisotopic (exact) mass is 461 g/mol. The molecule has 0 saturated carbocycles. The van der Waals surface area contributed by atoms with Crippen molar-refractivity contribution in [1.29, 1.82) is 0 Å². The van der Waals surface area contributed by atoms with Crippen molar-refractivity contribution in [3.05, 3.63) is 28.6 Å². The van der Waals surface area contributed by atoms with E-state index in [1.165, 1.54) is 0 Å². The average Bonchev–Trinajstić information content (AvgIpc) is 3.21. The Morgan fingerprint density at radius 2 is 1.18 bits per heavy atom. The fourth-order valence-corrected chi connectivity index (χ4v) is 4.77. The zero-order valence-corrected chi connectivity index (χ0v) is 19.7. The number of hydrogen-bond acceptors (Lipinski definition) is 9. The SMILES string of the molecule is CCOC(=O)C1(C(=O)OCC)Cc2cnc3c(c2C1)CC(C(=O)OCC)(C(=O)OCC)CC3. The van der Waals surface area contributed by atoms with Gasteiger partial charge in [0.25, 0.3) is 0 Å². The lowest BCUT2D eigenvalue weighted by Gasteiger charge is -2.34. The van der Waals surface area contributed by atoms with Crippen LogP contribution in [0.25, 0.3) is 0 Å². The maximum Gasteiger partial charge on any atom is 0.324 e. The van der Waals surface area contributed by atoms with Gasteiger partial charge < -0.3 is 18.9 Å². The van der Waals surface area contributed by atoms with E-state index in [2.05, 4.69) is 4.98 Å². The van der Waals surface area contributed by atoms with Crippen molar-refractivity contribution in [3.63, 3.8) is 0 Å². The van der Waals surface area contributed by atoms with Crippen molar-refractivity contribution < 1.29 is 38.1 Å². The Balaban J connectivity index is 2.07. The number of carbonyl (C=O) groups is 4. The zero-order chi connectivity index (χ0) is 24.2. The molecule has 0 aliphatic heterocycles. The molecule has 1 aromatic rings. The number of nitrogens with zero attached hydrogens (tertiary/aromatic N) is 1. The first-order chi connectivity index (χ1) is 15.8. The predicted molar refractivity (Wildman–Crippen MR) is 115 cm³/mol. The van der Waals surface area contributed by atoms with E-state index < -0.39 is 34.7 Å². The summed E-state index contributed by atoms with van der Waals surface area (Å²) in [5.74, 6) is -2.56.